The number of hydrogen-bond acceptors (Lipinski definition) is 6. The standard InChI is InChI=1S/C21H24ClNO6S/c1-3-23(4-2)30(25,26)17-8-5-15(6-9-17)7-10-20(24)27-13-16-11-18(22)21-19(12-16)28-14-29-21/h5-6,8-9,11-12H,3-4,7,10,13-14H2,1-2H3. The lowest BCUT2D eigenvalue weighted by Gasteiger charge is -2.18. The van der Waals surface area contributed by atoms with E-state index in [4.69, 9.17) is 25.8 Å². The third-order valence-electron chi connectivity index (χ3n) is 4.77. The minimum Gasteiger partial charge on any atom is -0.461 e. The van der Waals surface area contributed by atoms with Crippen molar-refractivity contribution in [3.63, 3.8) is 0 Å². The molecule has 0 bridgehead atoms. The van der Waals surface area contributed by atoms with E-state index in [1.165, 1.54) is 4.31 Å². The van der Waals surface area contributed by atoms with Crippen molar-refractivity contribution in [3.8, 4) is 11.5 Å². The number of carbonyl (C=O) groups excluding carboxylic acids is 1. The Morgan fingerprint density at radius 1 is 1.10 bits per heavy atom. The maximum absolute atomic E-state index is 12.5. The lowest BCUT2D eigenvalue weighted by Crippen LogP contribution is -2.30. The monoisotopic (exact) mass is 453 g/mol. The highest BCUT2D eigenvalue weighted by Gasteiger charge is 2.21. The molecule has 0 radical (unpaired) electrons. The Morgan fingerprint density at radius 3 is 2.47 bits per heavy atom. The van der Waals surface area contributed by atoms with Gasteiger partial charge in [0.15, 0.2) is 11.5 Å². The summed E-state index contributed by atoms with van der Waals surface area (Å²) >= 11 is 6.12. The Balaban J connectivity index is 1.52. The molecular weight excluding hydrogens is 430 g/mol. The molecule has 0 N–H and O–H groups in total. The largest absolute Gasteiger partial charge is 0.461 e. The van der Waals surface area contributed by atoms with Crippen molar-refractivity contribution in [1.29, 1.82) is 0 Å². The molecule has 9 heteroatoms. The van der Waals surface area contributed by atoms with Gasteiger partial charge in [-0.25, -0.2) is 8.42 Å². The second-order valence-corrected chi connectivity index (χ2v) is 9.05. The van der Waals surface area contributed by atoms with Crippen LogP contribution in [-0.4, -0.2) is 38.6 Å². The molecule has 1 aliphatic heterocycles. The zero-order chi connectivity index (χ0) is 21.7. The van der Waals surface area contributed by atoms with Gasteiger partial charge in [-0.1, -0.05) is 37.6 Å². The lowest BCUT2D eigenvalue weighted by atomic mass is 10.1. The van der Waals surface area contributed by atoms with Crippen LogP contribution in [0, 0.1) is 0 Å². The van der Waals surface area contributed by atoms with E-state index in [-0.39, 0.29) is 30.7 Å². The number of rotatable bonds is 9. The maximum Gasteiger partial charge on any atom is 0.306 e. The molecule has 1 aliphatic rings. The Bertz CT molecular complexity index is 1000. The van der Waals surface area contributed by atoms with Crippen LogP contribution < -0.4 is 9.47 Å². The topological polar surface area (TPSA) is 82.1 Å². The highest BCUT2D eigenvalue weighted by molar-refractivity contribution is 7.89. The summed E-state index contributed by atoms with van der Waals surface area (Å²) in [5.74, 6) is 0.676. The number of sulfonamides is 1. The average Bonchev–Trinajstić information content (AvgIpc) is 3.21. The van der Waals surface area contributed by atoms with E-state index < -0.39 is 10.0 Å². The Morgan fingerprint density at radius 2 is 1.80 bits per heavy atom. The average molecular weight is 454 g/mol. The van der Waals surface area contributed by atoms with Crippen LogP contribution in [0.4, 0.5) is 0 Å². The molecule has 0 saturated carbocycles. The van der Waals surface area contributed by atoms with Crippen LogP contribution in [0.1, 0.15) is 31.4 Å². The number of fused-ring (bicyclic) bond motifs is 1. The van der Waals surface area contributed by atoms with Crippen LogP contribution in [0.25, 0.3) is 0 Å². The van der Waals surface area contributed by atoms with Gasteiger partial charge in [-0.3, -0.25) is 4.79 Å². The van der Waals surface area contributed by atoms with E-state index in [1.54, 1.807) is 50.2 Å². The van der Waals surface area contributed by atoms with Crippen LogP contribution in [0.2, 0.25) is 5.02 Å². The van der Waals surface area contributed by atoms with Crippen molar-refractivity contribution in [1.82, 2.24) is 4.31 Å². The Kier molecular flexibility index (Phi) is 7.23. The molecule has 7 nitrogen and oxygen atoms in total. The van der Waals surface area contributed by atoms with Crippen molar-refractivity contribution >= 4 is 27.6 Å². The third kappa shape index (κ3) is 5.06. The molecule has 3 rings (SSSR count). The molecule has 0 unspecified atom stereocenters. The molecule has 0 fully saturated rings. The predicted molar refractivity (Wildman–Crippen MR) is 112 cm³/mol. The van der Waals surface area contributed by atoms with Gasteiger partial charge >= 0.3 is 5.97 Å². The summed E-state index contributed by atoms with van der Waals surface area (Å²) in [7, 11) is -3.48. The zero-order valence-corrected chi connectivity index (χ0v) is 18.5. The van der Waals surface area contributed by atoms with Crippen LogP contribution in [0.5, 0.6) is 11.5 Å². The van der Waals surface area contributed by atoms with Crippen molar-refractivity contribution in [2.45, 2.75) is 38.2 Å². The first-order valence-electron chi connectivity index (χ1n) is 9.67. The fourth-order valence-corrected chi connectivity index (χ4v) is 4.87. The van der Waals surface area contributed by atoms with Crippen LogP contribution in [-0.2, 0) is 32.6 Å². The smallest absolute Gasteiger partial charge is 0.306 e. The molecule has 0 aliphatic carbocycles. The van der Waals surface area contributed by atoms with Gasteiger partial charge in [0.05, 0.1) is 9.92 Å². The fourth-order valence-electron chi connectivity index (χ4n) is 3.13. The summed E-state index contributed by atoms with van der Waals surface area (Å²) in [6.07, 6.45) is 0.632. The molecule has 0 spiro atoms. The molecule has 30 heavy (non-hydrogen) atoms. The predicted octanol–water partition coefficient (Wildman–Crippen LogP) is 3.78. The molecule has 2 aromatic rings. The number of nitrogens with zero attached hydrogens (tertiary/aromatic N) is 1. The number of ether oxygens (including phenoxy) is 3. The molecule has 0 aromatic heterocycles. The minimum absolute atomic E-state index is 0.0796. The van der Waals surface area contributed by atoms with Gasteiger partial charge in [-0.2, -0.15) is 4.31 Å². The lowest BCUT2D eigenvalue weighted by molar-refractivity contribution is -0.144. The number of carbonyl (C=O) groups is 1. The minimum atomic E-state index is -3.48. The molecule has 0 atom stereocenters. The van der Waals surface area contributed by atoms with Crippen LogP contribution in [0.3, 0.4) is 0 Å². The summed E-state index contributed by atoms with van der Waals surface area (Å²) in [4.78, 5) is 12.3. The van der Waals surface area contributed by atoms with E-state index in [0.717, 1.165) is 5.56 Å². The van der Waals surface area contributed by atoms with Gasteiger partial charge in [0.1, 0.15) is 6.61 Å². The van der Waals surface area contributed by atoms with Crippen molar-refractivity contribution < 1.29 is 27.4 Å². The van der Waals surface area contributed by atoms with Crippen LogP contribution in [0.15, 0.2) is 41.3 Å². The van der Waals surface area contributed by atoms with Gasteiger partial charge in [0, 0.05) is 19.5 Å². The van der Waals surface area contributed by atoms with Gasteiger partial charge in [-0.15, -0.1) is 0 Å². The third-order valence-corrected chi connectivity index (χ3v) is 7.12. The van der Waals surface area contributed by atoms with Crippen LogP contribution >= 0.6 is 11.6 Å². The summed E-state index contributed by atoms with van der Waals surface area (Å²) in [6, 6.07) is 10.0. The van der Waals surface area contributed by atoms with Gasteiger partial charge in [0.25, 0.3) is 0 Å². The first kappa shape index (κ1) is 22.4. The second kappa shape index (κ2) is 9.68. The van der Waals surface area contributed by atoms with Gasteiger partial charge in [0.2, 0.25) is 16.8 Å². The quantitative estimate of drug-likeness (QED) is 0.537. The van der Waals surface area contributed by atoms with E-state index >= 15 is 0 Å². The Hall–Kier alpha value is -2.29. The zero-order valence-electron chi connectivity index (χ0n) is 16.9. The highest BCUT2D eigenvalue weighted by Crippen LogP contribution is 2.39. The number of aryl methyl sites for hydroxylation is 1. The first-order valence-corrected chi connectivity index (χ1v) is 11.5. The summed E-state index contributed by atoms with van der Waals surface area (Å²) in [5.41, 5.74) is 1.57. The molecule has 2 aromatic carbocycles. The summed E-state index contributed by atoms with van der Waals surface area (Å²) < 4.78 is 42.3. The maximum atomic E-state index is 12.5. The SMILES string of the molecule is CCN(CC)S(=O)(=O)c1ccc(CCC(=O)OCc2cc(Cl)c3c(c2)OCO3)cc1. The van der Waals surface area contributed by atoms with Crippen molar-refractivity contribution in [2.75, 3.05) is 19.9 Å². The normalized spacial score (nSPS) is 12.9. The summed E-state index contributed by atoms with van der Waals surface area (Å²) in [5, 5.41) is 0.413. The first-order chi connectivity index (χ1) is 14.3. The number of benzene rings is 2. The molecule has 162 valence electrons. The number of halogens is 1. The molecular formula is C21H24ClNO6S. The van der Waals surface area contributed by atoms with Gasteiger partial charge in [-0.05, 0) is 41.8 Å². The van der Waals surface area contributed by atoms with E-state index in [1.807, 2.05) is 0 Å². The molecule has 0 amide bonds. The fraction of sp³-hybridized carbons (Fsp3) is 0.381. The van der Waals surface area contributed by atoms with Gasteiger partial charge < -0.3 is 14.2 Å². The van der Waals surface area contributed by atoms with Crippen molar-refractivity contribution in [2.24, 2.45) is 0 Å². The Labute approximate surface area is 181 Å². The van der Waals surface area contributed by atoms with E-state index in [0.29, 0.717) is 41.6 Å². The molecule has 1 heterocycles. The summed E-state index contributed by atoms with van der Waals surface area (Å²) in [6.45, 7) is 4.64. The van der Waals surface area contributed by atoms with E-state index in [2.05, 4.69) is 0 Å². The second-order valence-electron chi connectivity index (χ2n) is 6.71. The highest BCUT2D eigenvalue weighted by atomic mass is 35.5. The number of esters is 1. The molecule has 0 saturated heterocycles. The van der Waals surface area contributed by atoms with Crippen molar-refractivity contribution in [3.05, 3.63) is 52.5 Å². The van der Waals surface area contributed by atoms with E-state index in [9.17, 15) is 13.2 Å². The number of hydrogen-bond donors (Lipinski definition) is 0.